The summed E-state index contributed by atoms with van der Waals surface area (Å²) < 4.78 is 107. The van der Waals surface area contributed by atoms with Crippen LogP contribution in [0.4, 0.5) is 35.1 Å². The first kappa shape index (κ1) is 41.4. The van der Waals surface area contributed by atoms with Crippen LogP contribution in [0.15, 0.2) is 60.7 Å². The zero-order valence-corrected chi connectivity index (χ0v) is 27.8. The quantitative estimate of drug-likeness (QED) is 0.193. The third-order valence-corrected chi connectivity index (χ3v) is 7.70. The SMILES string of the molecule is CC(C)(CC(=O)C(F)(F)F)c1ccc(F)cc1C(=O)O.COc1ccc([C@H](C)NC(=O)c2cc(F)ccc2C(C)(C)CC(=O)C(F)(F)F)cc1. The Balaban J connectivity index is 0.000000377. The van der Waals surface area contributed by atoms with Crippen LogP contribution >= 0.6 is 0 Å². The largest absolute Gasteiger partial charge is 0.497 e. The van der Waals surface area contributed by atoms with Crippen LogP contribution in [0.25, 0.3) is 0 Å². The highest BCUT2D eigenvalue weighted by atomic mass is 19.4. The molecule has 0 aliphatic rings. The molecule has 50 heavy (non-hydrogen) atoms. The average Bonchev–Trinajstić information content (AvgIpc) is 2.99. The normalized spacial score (nSPS) is 12.7. The number of carboxylic acid groups (broad SMARTS) is 1. The smallest absolute Gasteiger partial charge is 0.450 e. The number of carbonyl (C=O) groups is 4. The van der Waals surface area contributed by atoms with Crippen LogP contribution in [0.3, 0.4) is 0 Å². The third kappa shape index (κ3) is 11.1. The van der Waals surface area contributed by atoms with Crippen LogP contribution in [0.2, 0.25) is 0 Å². The molecule has 2 N–H and O–H groups in total. The number of benzene rings is 3. The van der Waals surface area contributed by atoms with Crippen LogP contribution in [0.5, 0.6) is 5.75 Å². The molecule has 0 aliphatic carbocycles. The van der Waals surface area contributed by atoms with Gasteiger partial charge in [-0.25, -0.2) is 13.6 Å². The molecule has 272 valence electrons. The van der Waals surface area contributed by atoms with Gasteiger partial charge in [-0.15, -0.1) is 0 Å². The molecule has 15 heteroatoms. The molecule has 0 saturated heterocycles. The fourth-order valence-corrected chi connectivity index (χ4v) is 5.02. The van der Waals surface area contributed by atoms with E-state index in [2.05, 4.69) is 5.32 Å². The number of carbonyl (C=O) groups excluding carboxylic acids is 3. The lowest BCUT2D eigenvalue weighted by Gasteiger charge is -2.28. The Kier molecular flexibility index (Phi) is 13.1. The lowest BCUT2D eigenvalue weighted by molar-refractivity contribution is -0.172. The van der Waals surface area contributed by atoms with Crippen molar-refractivity contribution in [2.45, 2.75) is 76.7 Å². The maximum atomic E-state index is 13.9. The number of ether oxygens (including phenoxy) is 1. The predicted octanol–water partition coefficient (Wildman–Crippen LogP) is 8.45. The fraction of sp³-hybridized carbons (Fsp3) is 0.371. The number of amides is 1. The van der Waals surface area contributed by atoms with Gasteiger partial charge in [0.1, 0.15) is 17.4 Å². The number of nitrogens with one attached hydrogen (secondary N) is 1. The van der Waals surface area contributed by atoms with Gasteiger partial charge in [0.2, 0.25) is 11.6 Å². The Morgan fingerprint density at radius 1 is 0.700 bits per heavy atom. The number of halogens is 8. The molecule has 0 aliphatic heterocycles. The summed E-state index contributed by atoms with van der Waals surface area (Å²) in [5.74, 6) is -6.87. The molecule has 3 aromatic rings. The van der Waals surface area contributed by atoms with E-state index < -0.39 is 82.7 Å². The summed E-state index contributed by atoms with van der Waals surface area (Å²) >= 11 is 0. The van der Waals surface area contributed by atoms with Crippen LogP contribution in [-0.4, -0.2) is 48.0 Å². The summed E-state index contributed by atoms with van der Waals surface area (Å²) in [5.41, 5.74) is -2.40. The zero-order valence-electron chi connectivity index (χ0n) is 27.8. The molecular weight excluding hydrogens is 682 g/mol. The van der Waals surface area contributed by atoms with E-state index in [1.165, 1.54) is 40.9 Å². The maximum Gasteiger partial charge on any atom is 0.450 e. The molecule has 0 spiro atoms. The highest BCUT2D eigenvalue weighted by Crippen LogP contribution is 2.35. The van der Waals surface area contributed by atoms with Crippen LogP contribution in [-0.2, 0) is 20.4 Å². The van der Waals surface area contributed by atoms with E-state index in [1.807, 2.05) is 0 Å². The first-order valence-corrected chi connectivity index (χ1v) is 14.8. The lowest BCUT2D eigenvalue weighted by Crippen LogP contribution is -2.34. The molecule has 3 rings (SSSR count). The standard InChI is InChI=1S/C22H23F4NO3.C13H12F4O3/c1-13(14-5-8-16(30-4)9-6-14)27-20(29)17-11-15(23)7-10-18(17)21(2,3)12-19(28)22(24,25)26;1-12(2,6-10(18)13(15,16)17)9-4-3-7(14)5-8(9)11(19)20/h5-11,13H,12H2,1-4H3,(H,27,29);3-5H,6H2,1-2H3,(H,19,20)/t13-;/m0./s1. The molecule has 0 bridgehead atoms. The molecule has 0 unspecified atom stereocenters. The molecule has 0 radical (unpaired) electrons. The van der Waals surface area contributed by atoms with Gasteiger partial charge in [0.05, 0.1) is 18.7 Å². The minimum Gasteiger partial charge on any atom is -0.497 e. The Labute approximate surface area is 282 Å². The van der Waals surface area contributed by atoms with Gasteiger partial charge in [0.15, 0.2) is 0 Å². The number of hydrogen-bond acceptors (Lipinski definition) is 5. The van der Waals surface area contributed by atoms with Crippen LogP contribution < -0.4 is 10.1 Å². The highest BCUT2D eigenvalue weighted by Gasteiger charge is 2.43. The van der Waals surface area contributed by atoms with Gasteiger partial charge in [0.25, 0.3) is 5.91 Å². The average molecular weight is 718 g/mol. The van der Waals surface area contributed by atoms with Gasteiger partial charge in [-0.1, -0.05) is 52.0 Å². The number of ketones is 2. The van der Waals surface area contributed by atoms with Gasteiger partial charge >= 0.3 is 18.3 Å². The van der Waals surface area contributed by atoms with Crippen molar-refractivity contribution >= 4 is 23.4 Å². The number of rotatable bonds is 11. The van der Waals surface area contributed by atoms with Gasteiger partial charge < -0.3 is 15.2 Å². The molecule has 1 atom stereocenters. The van der Waals surface area contributed by atoms with Crippen molar-refractivity contribution in [3.8, 4) is 5.75 Å². The summed E-state index contributed by atoms with van der Waals surface area (Å²) in [5, 5.41) is 11.7. The summed E-state index contributed by atoms with van der Waals surface area (Å²) in [6.45, 7) is 7.14. The van der Waals surface area contributed by atoms with E-state index in [1.54, 1.807) is 31.2 Å². The lowest BCUT2D eigenvalue weighted by atomic mass is 9.77. The Hall–Kier alpha value is -4.82. The topological polar surface area (TPSA) is 110 Å². The number of Topliss-reactive ketones (excluding diaryl/α,β-unsaturated/α-hetero) is 2. The number of aromatic carboxylic acids is 1. The molecule has 0 saturated carbocycles. The van der Waals surface area contributed by atoms with E-state index in [4.69, 9.17) is 9.84 Å². The van der Waals surface area contributed by atoms with Crippen molar-refractivity contribution < 1.29 is 64.1 Å². The number of hydrogen-bond donors (Lipinski definition) is 2. The van der Waals surface area contributed by atoms with Gasteiger partial charge in [-0.2, -0.15) is 26.3 Å². The second-order valence-electron chi connectivity index (χ2n) is 12.6. The minimum absolute atomic E-state index is 0.0241. The van der Waals surface area contributed by atoms with Crippen molar-refractivity contribution in [2.75, 3.05) is 7.11 Å². The predicted molar refractivity (Wildman–Crippen MR) is 166 cm³/mol. The van der Waals surface area contributed by atoms with Crippen LogP contribution in [0, 0.1) is 11.6 Å². The molecule has 7 nitrogen and oxygen atoms in total. The first-order valence-electron chi connectivity index (χ1n) is 14.8. The van der Waals surface area contributed by atoms with Crippen molar-refractivity contribution in [2.24, 2.45) is 0 Å². The fourth-order valence-electron chi connectivity index (χ4n) is 5.02. The molecule has 0 aromatic heterocycles. The van der Waals surface area contributed by atoms with Crippen molar-refractivity contribution in [3.63, 3.8) is 0 Å². The Morgan fingerprint density at radius 3 is 1.48 bits per heavy atom. The number of alkyl halides is 6. The van der Waals surface area contributed by atoms with E-state index in [-0.39, 0.29) is 16.7 Å². The molecule has 0 heterocycles. The monoisotopic (exact) mass is 717 g/mol. The van der Waals surface area contributed by atoms with E-state index in [0.29, 0.717) is 5.75 Å². The van der Waals surface area contributed by atoms with Gasteiger partial charge in [-0.3, -0.25) is 14.4 Å². The van der Waals surface area contributed by atoms with Gasteiger partial charge in [-0.05, 0) is 70.8 Å². The molecular formula is C35H35F8NO6. The van der Waals surface area contributed by atoms with E-state index in [0.717, 1.165) is 35.9 Å². The first-order chi connectivity index (χ1) is 22.8. The molecule has 0 fully saturated rings. The van der Waals surface area contributed by atoms with Gasteiger partial charge in [0, 0.05) is 18.4 Å². The van der Waals surface area contributed by atoms with Crippen molar-refractivity contribution in [1.29, 1.82) is 0 Å². The summed E-state index contributed by atoms with van der Waals surface area (Å²) in [6.07, 6.45) is -11.7. The number of carboxylic acids is 1. The van der Waals surface area contributed by atoms with E-state index >= 15 is 0 Å². The van der Waals surface area contributed by atoms with Crippen LogP contribution in [0.1, 0.15) is 90.9 Å². The second kappa shape index (κ2) is 15.8. The highest BCUT2D eigenvalue weighted by molar-refractivity contribution is 5.97. The van der Waals surface area contributed by atoms with Crippen molar-refractivity contribution in [1.82, 2.24) is 5.32 Å². The number of methoxy groups -OCH3 is 1. The summed E-state index contributed by atoms with van der Waals surface area (Å²) in [4.78, 5) is 46.4. The zero-order chi connectivity index (χ0) is 38.4. The summed E-state index contributed by atoms with van der Waals surface area (Å²) in [6, 6.07) is 12.5. The Morgan fingerprint density at radius 2 is 1.10 bits per heavy atom. The van der Waals surface area contributed by atoms with Crippen molar-refractivity contribution in [3.05, 3.63) is 100 Å². The molecule has 3 aromatic carbocycles. The third-order valence-electron chi connectivity index (χ3n) is 7.70. The Bertz CT molecular complexity index is 1710. The second-order valence-corrected chi connectivity index (χ2v) is 12.6. The summed E-state index contributed by atoms with van der Waals surface area (Å²) in [7, 11) is 1.52. The maximum absolute atomic E-state index is 13.9. The minimum atomic E-state index is -4.99. The van der Waals surface area contributed by atoms with E-state index in [9.17, 15) is 54.3 Å². The molecule has 1 amide bonds.